The van der Waals surface area contributed by atoms with E-state index in [0.717, 1.165) is 18.4 Å². The van der Waals surface area contributed by atoms with E-state index in [9.17, 15) is 9.59 Å². The van der Waals surface area contributed by atoms with Crippen molar-refractivity contribution in [2.24, 2.45) is 0 Å². The fourth-order valence-electron chi connectivity index (χ4n) is 3.04. The van der Waals surface area contributed by atoms with Gasteiger partial charge in [0, 0.05) is 18.5 Å². The van der Waals surface area contributed by atoms with E-state index in [4.69, 9.17) is 0 Å². The van der Waals surface area contributed by atoms with Gasteiger partial charge in [0.25, 0.3) is 5.91 Å². The molecule has 1 aromatic carbocycles. The minimum Gasteiger partial charge on any atom is -0.325 e. The molecule has 1 fully saturated rings. The van der Waals surface area contributed by atoms with E-state index < -0.39 is 6.04 Å². The lowest BCUT2D eigenvalue weighted by molar-refractivity contribution is -0.129. The molecule has 1 aromatic rings. The van der Waals surface area contributed by atoms with Gasteiger partial charge in [0.05, 0.1) is 6.67 Å². The molecule has 0 aliphatic carbocycles. The van der Waals surface area contributed by atoms with Crippen LogP contribution in [0.1, 0.15) is 46.1 Å². The van der Waals surface area contributed by atoms with E-state index in [1.807, 2.05) is 30.3 Å². The van der Waals surface area contributed by atoms with E-state index in [-0.39, 0.29) is 11.9 Å². The van der Waals surface area contributed by atoms with Crippen LogP contribution in [0.15, 0.2) is 30.3 Å². The third-order valence-electron chi connectivity index (χ3n) is 5.01. The number of imide groups is 1. The van der Waals surface area contributed by atoms with E-state index in [2.05, 4.69) is 37.9 Å². The van der Waals surface area contributed by atoms with Crippen LogP contribution in [0.3, 0.4) is 0 Å². The summed E-state index contributed by atoms with van der Waals surface area (Å²) in [6, 6.07) is 9.71. The third kappa shape index (κ3) is 4.15. The molecule has 0 aromatic heterocycles. The second-order valence-electron chi connectivity index (χ2n) is 6.63. The first kappa shape index (κ1) is 18.5. The smallest absolute Gasteiger partial charge is 0.325 e. The van der Waals surface area contributed by atoms with Gasteiger partial charge in [-0.05, 0) is 32.3 Å². The molecule has 24 heavy (non-hydrogen) atoms. The largest absolute Gasteiger partial charge is 0.325 e. The van der Waals surface area contributed by atoms with Crippen LogP contribution in [0.2, 0.25) is 0 Å². The minimum atomic E-state index is -0.462. The van der Waals surface area contributed by atoms with Crippen LogP contribution >= 0.6 is 0 Å². The van der Waals surface area contributed by atoms with Gasteiger partial charge in [-0.15, -0.1) is 0 Å². The lowest BCUT2D eigenvalue weighted by Gasteiger charge is -2.35. The lowest BCUT2D eigenvalue weighted by atomic mass is 10.1. The van der Waals surface area contributed by atoms with E-state index in [0.29, 0.717) is 25.2 Å². The second-order valence-corrected chi connectivity index (χ2v) is 6.63. The molecular formula is C19H29N3O2. The van der Waals surface area contributed by atoms with Crippen molar-refractivity contribution in [2.75, 3.05) is 6.67 Å². The summed E-state index contributed by atoms with van der Waals surface area (Å²) in [6.45, 7) is 8.91. The Hall–Kier alpha value is -1.88. The molecule has 1 aliphatic rings. The SMILES string of the molecule is CCC(C)N(CN1C(=O)NC(Cc2ccccc2)C1=O)C(C)CC. The number of amides is 3. The first-order valence-corrected chi connectivity index (χ1v) is 8.89. The molecule has 3 unspecified atom stereocenters. The van der Waals surface area contributed by atoms with Crippen LogP contribution in [-0.4, -0.2) is 46.5 Å². The monoisotopic (exact) mass is 331 g/mol. The maximum absolute atomic E-state index is 12.7. The zero-order valence-corrected chi connectivity index (χ0v) is 15.2. The van der Waals surface area contributed by atoms with E-state index in [1.165, 1.54) is 4.90 Å². The molecular weight excluding hydrogens is 302 g/mol. The molecule has 1 aliphatic heterocycles. The summed E-state index contributed by atoms with van der Waals surface area (Å²) in [5.41, 5.74) is 1.05. The zero-order valence-electron chi connectivity index (χ0n) is 15.2. The predicted octanol–water partition coefficient (Wildman–Crippen LogP) is 3.01. The summed E-state index contributed by atoms with van der Waals surface area (Å²) in [5, 5.41) is 2.83. The van der Waals surface area contributed by atoms with Crippen molar-refractivity contribution in [2.45, 2.75) is 65.1 Å². The Balaban J connectivity index is 2.07. The molecule has 3 amide bonds. The summed E-state index contributed by atoms with van der Waals surface area (Å²) < 4.78 is 0. The number of carbonyl (C=O) groups excluding carboxylic acids is 2. The summed E-state index contributed by atoms with van der Waals surface area (Å²) in [4.78, 5) is 28.6. The molecule has 5 heteroatoms. The first-order chi connectivity index (χ1) is 11.5. The average Bonchev–Trinajstić information content (AvgIpc) is 2.86. The van der Waals surface area contributed by atoms with Crippen molar-refractivity contribution >= 4 is 11.9 Å². The summed E-state index contributed by atoms with van der Waals surface area (Å²) in [7, 11) is 0. The van der Waals surface area contributed by atoms with Gasteiger partial charge in [-0.25, -0.2) is 9.69 Å². The van der Waals surface area contributed by atoms with Gasteiger partial charge in [0.1, 0.15) is 6.04 Å². The van der Waals surface area contributed by atoms with Crippen LogP contribution in [0.4, 0.5) is 4.79 Å². The first-order valence-electron chi connectivity index (χ1n) is 8.89. The number of urea groups is 1. The number of hydrogen-bond acceptors (Lipinski definition) is 3. The molecule has 0 spiro atoms. The molecule has 0 bridgehead atoms. The quantitative estimate of drug-likeness (QED) is 0.745. The number of carbonyl (C=O) groups is 2. The van der Waals surface area contributed by atoms with Gasteiger partial charge >= 0.3 is 6.03 Å². The Morgan fingerprint density at radius 1 is 1.08 bits per heavy atom. The zero-order chi connectivity index (χ0) is 17.7. The summed E-state index contributed by atoms with van der Waals surface area (Å²) in [5.74, 6) is -0.125. The lowest BCUT2D eigenvalue weighted by Crippen LogP contribution is -2.49. The highest BCUT2D eigenvalue weighted by Gasteiger charge is 2.39. The maximum Gasteiger partial charge on any atom is 0.325 e. The Kier molecular flexibility index (Phi) is 6.37. The van der Waals surface area contributed by atoms with Crippen LogP contribution in [-0.2, 0) is 11.2 Å². The van der Waals surface area contributed by atoms with Gasteiger partial charge in [0.2, 0.25) is 0 Å². The molecule has 0 saturated carbocycles. The molecule has 1 saturated heterocycles. The number of nitrogens with one attached hydrogen (secondary N) is 1. The Labute approximate surface area is 145 Å². The Bertz CT molecular complexity index is 551. The average molecular weight is 331 g/mol. The fourth-order valence-corrected chi connectivity index (χ4v) is 3.04. The van der Waals surface area contributed by atoms with E-state index >= 15 is 0 Å². The van der Waals surface area contributed by atoms with Crippen molar-refractivity contribution < 1.29 is 9.59 Å². The standard InChI is InChI=1S/C19H29N3O2/c1-5-14(3)21(15(4)6-2)13-22-18(23)17(20-19(22)24)12-16-10-8-7-9-11-16/h7-11,14-15,17H,5-6,12-13H2,1-4H3,(H,20,24). The molecule has 1 N–H and O–H groups in total. The fraction of sp³-hybridized carbons (Fsp3) is 0.579. The molecule has 0 radical (unpaired) electrons. The second kappa shape index (κ2) is 8.29. The number of nitrogens with zero attached hydrogens (tertiary/aromatic N) is 2. The van der Waals surface area contributed by atoms with Gasteiger partial charge in [-0.1, -0.05) is 44.2 Å². The van der Waals surface area contributed by atoms with Crippen molar-refractivity contribution in [1.29, 1.82) is 0 Å². The van der Waals surface area contributed by atoms with Crippen LogP contribution in [0, 0.1) is 0 Å². The highest BCUT2D eigenvalue weighted by molar-refractivity contribution is 6.04. The molecule has 1 heterocycles. The van der Waals surface area contributed by atoms with Crippen molar-refractivity contribution in [3.05, 3.63) is 35.9 Å². The van der Waals surface area contributed by atoms with Crippen LogP contribution in [0.5, 0.6) is 0 Å². The third-order valence-corrected chi connectivity index (χ3v) is 5.01. The number of rotatable bonds is 8. The predicted molar refractivity (Wildman–Crippen MR) is 95.5 cm³/mol. The minimum absolute atomic E-state index is 0.125. The van der Waals surface area contributed by atoms with Crippen molar-refractivity contribution in [1.82, 2.24) is 15.1 Å². The number of benzene rings is 1. The molecule has 5 nitrogen and oxygen atoms in total. The topological polar surface area (TPSA) is 52.6 Å². The molecule has 2 rings (SSSR count). The summed E-state index contributed by atoms with van der Waals surface area (Å²) >= 11 is 0. The highest BCUT2D eigenvalue weighted by Crippen LogP contribution is 2.17. The van der Waals surface area contributed by atoms with Crippen LogP contribution in [0.25, 0.3) is 0 Å². The highest BCUT2D eigenvalue weighted by atomic mass is 16.2. The Morgan fingerprint density at radius 3 is 2.21 bits per heavy atom. The molecule has 132 valence electrons. The van der Waals surface area contributed by atoms with E-state index in [1.54, 1.807) is 0 Å². The molecule has 3 atom stereocenters. The van der Waals surface area contributed by atoms with Gasteiger partial charge < -0.3 is 5.32 Å². The van der Waals surface area contributed by atoms with Crippen molar-refractivity contribution in [3.8, 4) is 0 Å². The Morgan fingerprint density at radius 2 is 1.67 bits per heavy atom. The summed E-state index contributed by atoms with van der Waals surface area (Å²) in [6.07, 6.45) is 2.51. The van der Waals surface area contributed by atoms with Gasteiger partial charge in [-0.2, -0.15) is 0 Å². The normalized spacial score (nSPS) is 20.4. The van der Waals surface area contributed by atoms with Gasteiger partial charge in [0.15, 0.2) is 0 Å². The van der Waals surface area contributed by atoms with Gasteiger partial charge in [-0.3, -0.25) is 9.69 Å². The number of hydrogen-bond donors (Lipinski definition) is 1. The van der Waals surface area contributed by atoms with Crippen molar-refractivity contribution in [3.63, 3.8) is 0 Å². The maximum atomic E-state index is 12.7. The van der Waals surface area contributed by atoms with Crippen LogP contribution < -0.4 is 5.32 Å².